The highest BCUT2D eigenvalue weighted by Crippen LogP contribution is 2.54. The van der Waals surface area contributed by atoms with E-state index in [2.05, 4.69) is 119 Å². The van der Waals surface area contributed by atoms with E-state index < -0.39 is 11.6 Å². The minimum atomic E-state index is -1.35. The number of anilines is 3. The topological polar surface area (TPSA) is 38.9 Å². The lowest BCUT2D eigenvalue weighted by Crippen LogP contribution is -2.32. The van der Waals surface area contributed by atoms with E-state index in [4.69, 9.17) is 9.97 Å². The van der Waals surface area contributed by atoms with Gasteiger partial charge in [-0.3, -0.25) is 4.90 Å². The summed E-state index contributed by atoms with van der Waals surface area (Å²) in [6, 6.07) is 51.3. The summed E-state index contributed by atoms with van der Waals surface area (Å²) in [6.45, 7) is 4.59. The maximum absolute atomic E-state index is 16.8. The maximum Gasteiger partial charge on any atom is 0.150 e. The Bertz CT molecular complexity index is 2870. The number of imidazole rings is 1. The minimum absolute atomic E-state index is 0.397. The van der Waals surface area contributed by atoms with Crippen LogP contribution in [0.5, 0.6) is 0 Å². The van der Waals surface area contributed by atoms with Crippen molar-refractivity contribution in [3.63, 3.8) is 0 Å². The van der Waals surface area contributed by atoms with Crippen LogP contribution in [0.3, 0.4) is 0 Å². The van der Waals surface area contributed by atoms with Crippen molar-refractivity contribution in [2.45, 2.75) is 25.4 Å². The molecule has 10 rings (SSSR count). The molecule has 3 aromatic heterocycles. The smallest absolute Gasteiger partial charge is 0.150 e. The van der Waals surface area contributed by atoms with Gasteiger partial charge >= 0.3 is 0 Å². The van der Waals surface area contributed by atoms with E-state index in [0.717, 1.165) is 72.7 Å². The van der Waals surface area contributed by atoms with Crippen molar-refractivity contribution < 1.29 is 4.39 Å². The number of pyridine rings is 1. The van der Waals surface area contributed by atoms with Gasteiger partial charge in [-0.15, -0.1) is 0 Å². The van der Waals surface area contributed by atoms with Gasteiger partial charge in [-0.25, -0.2) is 14.4 Å². The second-order valence-electron chi connectivity index (χ2n) is 14.5. The van der Waals surface area contributed by atoms with Crippen molar-refractivity contribution in [3.05, 3.63) is 180 Å². The van der Waals surface area contributed by atoms with Crippen LogP contribution < -0.4 is 4.90 Å². The molecule has 0 saturated heterocycles. The second-order valence-corrected chi connectivity index (χ2v) is 14.5. The predicted molar refractivity (Wildman–Crippen MR) is 214 cm³/mol. The number of hydrogen-bond acceptors (Lipinski definition) is 3. The van der Waals surface area contributed by atoms with E-state index in [1.54, 1.807) is 0 Å². The lowest BCUT2D eigenvalue weighted by Gasteiger charge is -2.41. The van der Waals surface area contributed by atoms with Gasteiger partial charge in [-0.2, -0.15) is 0 Å². The third-order valence-electron chi connectivity index (χ3n) is 11.0. The normalized spacial score (nSPS) is 14.1. The SMILES string of the molecule is Cn1c(-c2cccc(C(F)c3cccc(N4c5ccccc5C(C)(C)c5c4ncc4c6ccccc6n(-c6ccccc6)c54)c3)c2)nc2ccccc21. The molecule has 1 atom stereocenters. The van der Waals surface area contributed by atoms with Crippen molar-refractivity contribution in [3.8, 4) is 17.1 Å². The second kappa shape index (κ2) is 11.8. The lowest BCUT2D eigenvalue weighted by atomic mass is 9.74. The van der Waals surface area contributed by atoms with Crippen LogP contribution in [0.2, 0.25) is 0 Å². The number of para-hydroxylation sites is 5. The molecule has 0 aliphatic carbocycles. The molecule has 0 N–H and O–H groups in total. The average molecular weight is 690 g/mol. The number of alkyl halides is 1. The number of benzene rings is 6. The van der Waals surface area contributed by atoms with Gasteiger partial charge in [-0.05, 0) is 71.3 Å². The number of halogens is 1. The van der Waals surface area contributed by atoms with Crippen molar-refractivity contribution in [2.24, 2.45) is 7.05 Å². The highest BCUT2D eigenvalue weighted by Gasteiger charge is 2.41. The fourth-order valence-electron chi connectivity index (χ4n) is 8.49. The van der Waals surface area contributed by atoms with Crippen molar-refractivity contribution >= 4 is 50.0 Å². The molecule has 6 heteroatoms. The Morgan fingerprint density at radius 1 is 0.642 bits per heavy atom. The van der Waals surface area contributed by atoms with E-state index in [1.165, 1.54) is 5.56 Å². The summed E-state index contributed by atoms with van der Waals surface area (Å²) in [5, 5.41) is 2.26. The molecule has 0 fully saturated rings. The Kier molecular flexibility index (Phi) is 6.92. The number of aryl methyl sites for hydroxylation is 1. The van der Waals surface area contributed by atoms with E-state index in [0.29, 0.717) is 11.1 Å². The quantitative estimate of drug-likeness (QED) is 0.181. The Hall–Kier alpha value is -6.53. The fourth-order valence-corrected chi connectivity index (χ4v) is 8.49. The molecule has 4 heterocycles. The van der Waals surface area contributed by atoms with Crippen LogP contribution in [-0.4, -0.2) is 19.1 Å². The van der Waals surface area contributed by atoms with E-state index >= 15 is 4.39 Å². The number of aromatic nitrogens is 4. The van der Waals surface area contributed by atoms with Crippen molar-refractivity contribution in [1.29, 1.82) is 0 Å². The van der Waals surface area contributed by atoms with Crippen molar-refractivity contribution in [2.75, 3.05) is 4.90 Å². The molecule has 1 unspecified atom stereocenters. The third kappa shape index (κ3) is 4.68. The largest absolute Gasteiger partial charge is 0.327 e. The Balaban J connectivity index is 1.14. The molecule has 5 nitrogen and oxygen atoms in total. The van der Waals surface area contributed by atoms with Crippen LogP contribution in [0.4, 0.5) is 21.6 Å². The Morgan fingerprint density at radius 2 is 1.32 bits per heavy atom. The predicted octanol–water partition coefficient (Wildman–Crippen LogP) is 11.9. The first kappa shape index (κ1) is 31.2. The number of hydrogen-bond donors (Lipinski definition) is 0. The average Bonchev–Trinajstić information content (AvgIpc) is 3.72. The summed E-state index contributed by atoms with van der Waals surface area (Å²) in [5.41, 5.74) is 11.2. The van der Waals surface area contributed by atoms with Gasteiger partial charge < -0.3 is 9.13 Å². The lowest BCUT2D eigenvalue weighted by molar-refractivity contribution is 0.402. The van der Waals surface area contributed by atoms with E-state index in [1.807, 2.05) is 73.9 Å². The van der Waals surface area contributed by atoms with Gasteiger partial charge in [0.25, 0.3) is 0 Å². The zero-order valence-corrected chi connectivity index (χ0v) is 29.7. The first-order valence-corrected chi connectivity index (χ1v) is 18.0. The van der Waals surface area contributed by atoms with Gasteiger partial charge in [-0.1, -0.05) is 111 Å². The molecule has 0 spiro atoms. The molecule has 256 valence electrons. The molecule has 0 saturated carbocycles. The number of nitrogens with zero attached hydrogens (tertiary/aromatic N) is 5. The molecule has 1 aliphatic heterocycles. The molecular weight excluding hydrogens is 654 g/mol. The first-order chi connectivity index (χ1) is 25.9. The minimum Gasteiger partial charge on any atom is -0.327 e. The van der Waals surface area contributed by atoms with Crippen LogP contribution in [0.15, 0.2) is 158 Å². The molecule has 1 aliphatic rings. The molecule has 6 aromatic carbocycles. The van der Waals surface area contributed by atoms with Gasteiger partial charge in [0, 0.05) is 51.9 Å². The maximum atomic E-state index is 16.8. The standard InChI is InChI=1S/C47H36FN5/c1-47(2)37-22-8-11-25-40(37)53(46-42(47)44-36(29-49-46)35-21-7-10-24-39(35)52(44)33-18-5-4-6-19-33)34-20-14-16-31(28-34)43(48)30-15-13-17-32(27-30)45-50-38-23-9-12-26-41(38)51(45)3/h4-29,43H,1-3H3. The van der Waals surface area contributed by atoms with E-state index in [-0.39, 0.29) is 0 Å². The third-order valence-corrected chi connectivity index (χ3v) is 11.0. The van der Waals surface area contributed by atoms with Crippen LogP contribution >= 0.6 is 0 Å². The number of rotatable bonds is 5. The van der Waals surface area contributed by atoms with Gasteiger partial charge in [0.05, 0.1) is 27.8 Å². The summed E-state index contributed by atoms with van der Waals surface area (Å²) >= 11 is 0. The van der Waals surface area contributed by atoms with Crippen LogP contribution in [-0.2, 0) is 12.5 Å². The molecule has 0 bridgehead atoms. The zero-order chi connectivity index (χ0) is 35.8. The molecular formula is C47H36FN5. The van der Waals surface area contributed by atoms with Gasteiger partial charge in [0.15, 0.2) is 6.17 Å². The molecule has 0 radical (unpaired) electrons. The van der Waals surface area contributed by atoms with E-state index in [9.17, 15) is 0 Å². The Morgan fingerprint density at radius 3 is 2.15 bits per heavy atom. The van der Waals surface area contributed by atoms with Gasteiger partial charge in [0.2, 0.25) is 0 Å². The highest BCUT2D eigenvalue weighted by atomic mass is 19.1. The molecule has 9 aromatic rings. The molecule has 0 amide bonds. The highest BCUT2D eigenvalue weighted by molar-refractivity contribution is 6.12. The monoisotopic (exact) mass is 689 g/mol. The van der Waals surface area contributed by atoms with Gasteiger partial charge in [0.1, 0.15) is 11.6 Å². The summed E-state index contributed by atoms with van der Waals surface area (Å²) in [5.74, 6) is 1.65. The van der Waals surface area contributed by atoms with Crippen LogP contribution in [0.25, 0.3) is 49.9 Å². The summed E-state index contributed by atoms with van der Waals surface area (Å²) in [4.78, 5) is 12.4. The summed E-state index contributed by atoms with van der Waals surface area (Å²) < 4.78 is 21.3. The fraction of sp³-hybridized carbons (Fsp3) is 0.106. The van der Waals surface area contributed by atoms with Crippen molar-refractivity contribution in [1.82, 2.24) is 19.1 Å². The zero-order valence-electron chi connectivity index (χ0n) is 29.7. The summed E-state index contributed by atoms with van der Waals surface area (Å²) in [6.07, 6.45) is 0.665. The molecule has 53 heavy (non-hydrogen) atoms. The first-order valence-electron chi connectivity index (χ1n) is 18.0. The number of fused-ring (bicyclic) bond motifs is 7. The Labute approximate surface area is 307 Å². The summed E-state index contributed by atoms with van der Waals surface area (Å²) in [7, 11) is 2.00. The van der Waals surface area contributed by atoms with Crippen LogP contribution in [0.1, 0.15) is 42.3 Å². The van der Waals surface area contributed by atoms with Crippen LogP contribution in [0, 0.1) is 0 Å².